The average Bonchev–Trinajstić information content (AvgIpc) is 2.63. The van der Waals surface area contributed by atoms with Gasteiger partial charge in [-0.15, -0.1) is 0 Å². The molecule has 1 aromatic carbocycles. The third kappa shape index (κ3) is 2.93. The second-order valence-electron chi connectivity index (χ2n) is 3.98. The van der Waals surface area contributed by atoms with E-state index in [1.807, 2.05) is 0 Å². The molecule has 0 spiro atoms. The minimum absolute atomic E-state index is 0.0163. The maximum atomic E-state index is 12.6. The second kappa shape index (κ2) is 5.16. The highest BCUT2D eigenvalue weighted by atomic mass is 32.1. The Bertz CT molecular complexity index is 705. The van der Waals surface area contributed by atoms with Gasteiger partial charge >= 0.3 is 12.3 Å². The molecule has 0 bridgehead atoms. The zero-order valence-electron chi connectivity index (χ0n) is 10.0. The molecule has 1 aromatic heterocycles. The van der Waals surface area contributed by atoms with Crippen LogP contribution < -0.4 is 5.73 Å². The normalized spacial score (nSPS) is 11.8. The van der Waals surface area contributed by atoms with Gasteiger partial charge in [-0.25, -0.2) is 4.79 Å². The van der Waals surface area contributed by atoms with Gasteiger partial charge in [0.05, 0.1) is 23.1 Å². The number of hydrogen-bond donors (Lipinski definition) is 2. The van der Waals surface area contributed by atoms with Crippen molar-refractivity contribution in [2.75, 3.05) is 6.61 Å². The topological polar surface area (TPSA) is 73.0 Å². The van der Waals surface area contributed by atoms with Crippen molar-refractivity contribution in [1.29, 1.82) is 0 Å². The van der Waals surface area contributed by atoms with Crippen molar-refractivity contribution < 1.29 is 22.7 Å². The number of alkyl halides is 3. The molecule has 0 aliphatic carbocycles. The molecule has 2 rings (SSSR count). The van der Waals surface area contributed by atoms with Gasteiger partial charge < -0.3 is 20.0 Å². The van der Waals surface area contributed by atoms with Gasteiger partial charge in [0.2, 0.25) is 0 Å². The fraction of sp³-hybridized carbons (Fsp3) is 0.273. The van der Waals surface area contributed by atoms with Crippen LogP contribution >= 0.6 is 12.2 Å². The van der Waals surface area contributed by atoms with Gasteiger partial charge in [-0.2, -0.15) is 13.2 Å². The second-order valence-corrected chi connectivity index (χ2v) is 4.37. The molecular weight excluding hydrogens is 295 g/mol. The number of carbonyl (C=O) groups excluding carboxylic acids is 1. The number of benzene rings is 1. The van der Waals surface area contributed by atoms with Gasteiger partial charge in [-0.1, -0.05) is 0 Å². The molecule has 0 fully saturated rings. The number of fused-ring (bicyclic) bond motifs is 1. The van der Waals surface area contributed by atoms with Crippen LogP contribution in [-0.2, 0) is 17.5 Å². The Labute approximate surface area is 116 Å². The number of nitrogens with one attached hydrogen (secondary N) is 1. The Hall–Kier alpha value is -2.03. The molecule has 108 valence electrons. The van der Waals surface area contributed by atoms with Gasteiger partial charge in [0.15, 0.2) is 4.77 Å². The molecule has 20 heavy (non-hydrogen) atoms. The number of ether oxygens (including phenoxy) is 1. The van der Waals surface area contributed by atoms with Crippen LogP contribution in [0.25, 0.3) is 11.0 Å². The lowest BCUT2D eigenvalue weighted by molar-refractivity contribution is -0.137. The molecule has 0 aliphatic heterocycles. The average molecular weight is 305 g/mol. The molecule has 0 unspecified atom stereocenters. The summed E-state index contributed by atoms with van der Waals surface area (Å²) < 4.78 is 44.1. The minimum Gasteiger partial charge on any atom is -0.448 e. The number of primary amides is 1. The highest BCUT2D eigenvalue weighted by Gasteiger charge is 2.30. The summed E-state index contributed by atoms with van der Waals surface area (Å²) in [6.45, 7) is 0.185. The van der Waals surface area contributed by atoms with Crippen molar-refractivity contribution in [3.05, 3.63) is 28.5 Å². The number of imidazole rings is 1. The molecule has 5 nitrogen and oxygen atoms in total. The van der Waals surface area contributed by atoms with Gasteiger partial charge in [-0.05, 0) is 30.4 Å². The van der Waals surface area contributed by atoms with Crippen LogP contribution in [-0.4, -0.2) is 22.3 Å². The summed E-state index contributed by atoms with van der Waals surface area (Å²) >= 11 is 5.02. The van der Waals surface area contributed by atoms with Crippen molar-refractivity contribution in [2.45, 2.75) is 12.7 Å². The number of H-pyrrole nitrogens is 1. The van der Waals surface area contributed by atoms with Crippen LogP contribution in [0, 0.1) is 4.77 Å². The number of aromatic amines is 1. The van der Waals surface area contributed by atoms with Crippen LogP contribution in [0.15, 0.2) is 18.2 Å². The Morgan fingerprint density at radius 3 is 2.75 bits per heavy atom. The predicted octanol–water partition coefficient (Wildman–Crippen LogP) is 2.81. The summed E-state index contributed by atoms with van der Waals surface area (Å²) in [5, 5.41) is 0. The van der Waals surface area contributed by atoms with Crippen molar-refractivity contribution in [3.63, 3.8) is 0 Å². The number of carbonyl (C=O) groups is 1. The van der Waals surface area contributed by atoms with Crippen molar-refractivity contribution in [1.82, 2.24) is 9.55 Å². The van der Waals surface area contributed by atoms with Crippen LogP contribution in [0.1, 0.15) is 5.56 Å². The number of rotatable bonds is 3. The molecular formula is C11H10F3N3O2S. The monoisotopic (exact) mass is 305 g/mol. The summed E-state index contributed by atoms with van der Waals surface area (Å²) in [7, 11) is 0. The van der Waals surface area contributed by atoms with E-state index in [0.717, 1.165) is 12.1 Å². The molecule has 1 heterocycles. The molecule has 2 aromatic rings. The zero-order valence-corrected chi connectivity index (χ0v) is 10.8. The first-order valence-corrected chi connectivity index (χ1v) is 5.92. The largest absolute Gasteiger partial charge is 0.448 e. The van der Waals surface area contributed by atoms with Crippen molar-refractivity contribution in [3.8, 4) is 0 Å². The standard InChI is InChI=1S/C11H10F3N3O2S/c12-11(13,14)6-1-2-8-7(5-6)16-10(20)17(8)3-4-19-9(15)18/h1-2,5H,3-4H2,(H2,15,18)(H,16,20). The fourth-order valence-electron chi connectivity index (χ4n) is 1.80. The van der Waals surface area contributed by atoms with Crippen LogP contribution in [0.2, 0.25) is 0 Å². The highest BCUT2D eigenvalue weighted by Crippen LogP contribution is 2.31. The predicted molar refractivity (Wildman–Crippen MR) is 67.7 cm³/mol. The molecule has 0 atom stereocenters. The lowest BCUT2D eigenvalue weighted by atomic mass is 10.2. The van der Waals surface area contributed by atoms with Gasteiger partial charge in [-0.3, -0.25) is 0 Å². The van der Waals surface area contributed by atoms with E-state index >= 15 is 0 Å². The zero-order chi connectivity index (χ0) is 14.9. The lowest BCUT2D eigenvalue weighted by Gasteiger charge is -2.07. The SMILES string of the molecule is NC(=O)OCCn1c(=S)[nH]c2cc(C(F)(F)F)ccc21. The van der Waals surface area contributed by atoms with Crippen LogP contribution in [0.5, 0.6) is 0 Å². The molecule has 0 saturated carbocycles. The number of aromatic nitrogens is 2. The van der Waals surface area contributed by atoms with E-state index in [0.29, 0.717) is 5.52 Å². The van der Waals surface area contributed by atoms with Crippen LogP contribution in [0.3, 0.4) is 0 Å². The third-order valence-corrected chi connectivity index (χ3v) is 2.98. The van der Waals surface area contributed by atoms with E-state index in [1.54, 1.807) is 0 Å². The first kappa shape index (κ1) is 14.4. The Morgan fingerprint density at radius 2 is 2.15 bits per heavy atom. The lowest BCUT2D eigenvalue weighted by Crippen LogP contribution is -2.16. The summed E-state index contributed by atoms with van der Waals surface area (Å²) in [5.74, 6) is 0. The minimum atomic E-state index is -4.42. The summed E-state index contributed by atoms with van der Waals surface area (Å²) in [6.07, 6.45) is -5.34. The van der Waals surface area contributed by atoms with E-state index in [4.69, 9.17) is 18.0 Å². The summed E-state index contributed by atoms with van der Waals surface area (Å²) in [4.78, 5) is 13.1. The Kier molecular flexibility index (Phi) is 3.71. The first-order chi connectivity index (χ1) is 9.29. The maximum Gasteiger partial charge on any atom is 0.416 e. The van der Waals surface area contributed by atoms with Gasteiger partial charge in [0.25, 0.3) is 0 Å². The molecule has 1 amide bonds. The van der Waals surface area contributed by atoms with E-state index in [2.05, 4.69) is 9.72 Å². The third-order valence-electron chi connectivity index (χ3n) is 2.66. The van der Waals surface area contributed by atoms with E-state index in [9.17, 15) is 18.0 Å². The van der Waals surface area contributed by atoms with E-state index < -0.39 is 17.8 Å². The Balaban J connectivity index is 2.35. The van der Waals surface area contributed by atoms with E-state index in [1.165, 1.54) is 10.6 Å². The molecule has 0 saturated heterocycles. The Morgan fingerprint density at radius 1 is 1.45 bits per heavy atom. The van der Waals surface area contributed by atoms with Gasteiger partial charge in [0, 0.05) is 0 Å². The fourth-order valence-corrected chi connectivity index (χ4v) is 2.10. The number of nitrogens with zero attached hydrogens (tertiary/aromatic N) is 1. The number of amides is 1. The summed E-state index contributed by atoms with van der Waals surface area (Å²) in [5.41, 5.74) is 4.82. The molecule has 9 heteroatoms. The molecule has 0 radical (unpaired) electrons. The first-order valence-electron chi connectivity index (χ1n) is 5.51. The molecule has 3 N–H and O–H groups in total. The smallest absolute Gasteiger partial charge is 0.416 e. The quantitative estimate of drug-likeness (QED) is 0.856. The van der Waals surface area contributed by atoms with Gasteiger partial charge in [0.1, 0.15) is 6.61 Å². The number of nitrogens with two attached hydrogens (primary N) is 1. The van der Waals surface area contributed by atoms with Crippen molar-refractivity contribution in [2.24, 2.45) is 5.73 Å². The van der Waals surface area contributed by atoms with Crippen molar-refractivity contribution >= 4 is 29.3 Å². The number of halogens is 3. The molecule has 0 aliphatic rings. The highest BCUT2D eigenvalue weighted by molar-refractivity contribution is 7.71. The maximum absolute atomic E-state index is 12.6. The number of hydrogen-bond acceptors (Lipinski definition) is 3. The summed E-state index contributed by atoms with van der Waals surface area (Å²) in [6, 6.07) is 3.27. The van der Waals surface area contributed by atoms with E-state index in [-0.39, 0.29) is 23.4 Å². The van der Waals surface area contributed by atoms with Crippen LogP contribution in [0.4, 0.5) is 18.0 Å².